The molecular formula is C20H14O2. The van der Waals surface area contributed by atoms with E-state index in [1.165, 1.54) is 33.0 Å². The van der Waals surface area contributed by atoms with E-state index in [0.29, 0.717) is 0 Å². The van der Waals surface area contributed by atoms with Gasteiger partial charge in [-0.05, 0) is 37.9 Å². The summed E-state index contributed by atoms with van der Waals surface area (Å²) in [5.74, 6) is -0.398. The molecule has 106 valence electrons. The molecule has 2 nitrogen and oxygen atoms in total. The monoisotopic (exact) mass is 286 g/mol. The number of hydrogen-bond donors (Lipinski definition) is 0. The van der Waals surface area contributed by atoms with E-state index in [-0.39, 0.29) is 6.61 Å². The number of ether oxygens (including phenoxy) is 1. The smallest absolute Gasteiger partial charge is 0.330 e. The molecule has 2 heteroatoms. The van der Waals surface area contributed by atoms with Crippen molar-refractivity contribution in [2.75, 3.05) is 0 Å². The van der Waals surface area contributed by atoms with Crippen molar-refractivity contribution in [1.29, 1.82) is 0 Å². The number of hydrogen-bond acceptors (Lipinski definition) is 2. The quantitative estimate of drug-likeness (QED) is 0.307. The Hall–Kier alpha value is -2.87. The number of carbonyl (C=O) groups excluding carboxylic acids is 1. The van der Waals surface area contributed by atoms with E-state index >= 15 is 0 Å². The van der Waals surface area contributed by atoms with Crippen LogP contribution in [0.25, 0.3) is 32.3 Å². The molecule has 0 unspecified atom stereocenters. The standard InChI is InChI=1S/C20H14O2/c1-2-18(21)22-12-16-9-8-15-7-6-13-4-3-5-14-10-11-17(16)20(15)19(13)14/h2-11H,1,12H2. The molecule has 0 N–H and O–H groups in total. The summed E-state index contributed by atoms with van der Waals surface area (Å²) in [7, 11) is 0. The highest BCUT2D eigenvalue weighted by molar-refractivity contribution is 6.23. The maximum atomic E-state index is 11.3. The first-order chi connectivity index (χ1) is 10.8. The minimum atomic E-state index is -0.398. The molecule has 0 aromatic heterocycles. The van der Waals surface area contributed by atoms with Gasteiger partial charge in [0, 0.05) is 6.08 Å². The third kappa shape index (κ3) is 1.85. The van der Waals surface area contributed by atoms with Crippen molar-refractivity contribution in [2.45, 2.75) is 6.61 Å². The molecule has 0 atom stereocenters. The Morgan fingerprint density at radius 1 is 0.909 bits per heavy atom. The molecule has 0 radical (unpaired) electrons. The number of esters is 1. The van der Waals surface area contributed by atoms with Crippen LogP contribution >= 0.6 is 0 Å². The van der Waals surface area contributed by atoms with Gasteiger partial charge < -0.3 is 4.74 Å². The molecule has 0 aliphatic heterocycles. The maximum Gasteiger partial charge on any atom is 0.330 e. The summed E-state index contributed by atoms with van der Waals surface area (Å²) in [5, 5.41) is 7.32. The molecule has 0 saturated heterocycles. The SMILES string of the molecule is C=CC(=O)OCc1ccc2ccc3cccc4ccc1c2c34. The molecular weight excluding hydrogens is 272 g/mol. The molecule has 0 saturated carbocycles. The highest BCUT2D eigenvalue weighted by atomic mass is 16.5. The van der Waals surface area contributed by atoms with Crippen molar-refractivity contribution in [1.82, 2.24) is 0 Å². The summed E-state index contributed by atoms with van der Waals surface area (Å²) >= 11 is 0. The van der Waals surface area contributed by atoms with E-state index < -0.39 is 5.97 Å². The fourth-order valence-electron chi connectivity index (χ4n) is 3.13. The van der Waals surface area contributed by atoms with E-state index in [1.807, 2.05) is 6.07 Å². The van der Waals surface area contributed by atoms with Crippen LogP contribution in [-0.4, -0.2) is 5.97 Å². The average molecular weight is 286 g/mol. The topological polar surface area (TPSA) is 26.3 Å². The number of benzene rings is 4. The summed E-state index contributed by atoms with van der Waals surface area (Å²) in [4.78, 5) is 11.3. The van der Waals surface area contributed by atoms with Gasteiger partial charge in [-0.1, -0.05) is 61.2 Å². The van der Waals surface area contributed by atoms with Crippen molar-refractivity contribution in [3.63, 3.8) is 0 Å². The van der Waals surface area contributed by atoms with Crippen molar-refractivity contribution < 1.29 is 9.53 Å². The molecule has 22 heavy (non-hydrogen) atoms. The van der Waals surface area contributed by atoms with Gasteiger partial charge in [-0.3, -0.25) is 0 Å². The van der Waals surface area contributed by atoms with Gasteiger partial charge in [0.25, 0.3) is 0 Å². The highest BCUT2D eigenvalue weighted by Crippen LogP contribution is 2.35. The van der Waals surface area contributed by atoms with Crippen molar-refractivity contribution >= 4 is 38.3 Å². The summed E-state index contributed by atoms with van der Waals surface area (Å²) in [5.41, 5.74) is 1.01. The third-order valence-electron chi connectivity index (χ3n) is 4.16. The summed E-state index contributed by atoms with van der Waals surface area (Å²) in [6.07, 6.45) is 1.19. The minimum Gasteiger partial charge on any atom is -0.458 e. The van der Waals surface area contributed by atoms with Gasteiger partial charge in [0.1, 0.15) is 6.61 Å². The molecule has 4 aromatic rings. The van der Waals surface area contributed by atoms with Gasteiger partial charge in [-0.15, -0.1) is 0 Å². The van der Waals surface area contributed by atoms with Crippen LogP contribution in [0, 0.1) is 0 Å². The second-order valence-corrected chi connectivity index (χ2v) is 5.39. The summed E-state index contributed by atoms with van der Waals surface area (Å²) in [6.45, 7) is 3.69. The van der Waals surface area contributed by atoms with Crippen molar-refractivity contribution in [2.24, 2.45) is 0 Å². The van der Waals surface area contributed by atoms with Crippen LogP contribution in [-0.2, 0) is 16.1 Å². The second kappa shape index (κ2) is 4.85. The van der Waals surface area contributed by atoms with Crippen molar-refractivity contribution in [3.8, 4) is 0 Å². The molecule has 0 aliphatic carbocycles. The zero-order chi connectivity index (χ0) is 15.1. The zero-order valence-corrected chi connectivity index (χ0v) is 12.0. The van der Waals surface area contributed by atoms with Gasteiger partial charge >= 0.3 is 5.97 Å². The predicted octanol–water partition coefficient (Wildman–Crippen LogP) is 4.81. The first kappa shape index (κ1) is 12.8. The van der Waals surface area contributed by atoms with Crippen LogP contribution in [0.15, 0.2) is 67.3 Å². The lowest BCUT2D eigenvalue weighted by atomic mass is 9.92. The van der Waals surface area contributed by atoms with E-state index in [0.717, 1.165) is 10.9 Å². The lowest BCUT2D eigenvalue weighted by Gasteiger charge is -2.13. The first-order valence-corrected chi connectivity index (χ1v) is 7.22. The van der Waals surface area contributed by atoms with Crippen molar-refractivity contribution in [3.05, 3.63) is 72.8 Å². The average Bonchev–Trinajstić information content (AvgIpc) is 2.58. The molecule has 4 aromatic carbocycles. The van der Waals surface area contributed by atoms with Crippen LogP contribution in [0.4, 0.5) is 0 Å². The maximum absolute atomic E-state index is 11.3. The largest absolute Gasteiger partial charge is 0.458 e. The fraction of sp³-hybridized carbons (Fsp3) is 0.0500. The van der Waals surface area contributed by atoms with Crippen LogP contribution in [0.3, 0.4) is 0 Å². The van der Waals surface area contributed by atoms with Gasteiger partial charge in [0.05, 0.1) is 0 Å². The predicted molar refractivity (Wildman–Crippen MR) is 90.1 cm³/mol. The lowest BCUT2D eigenvalue weighted by Crippen LogP contribution is -2.01. The Kier molecular flexibility index (Phi) is 2.83. The van der Waals surface area contributed by atoms with Crippen LogP contribution in [0.1, 0.15) is 5.56 Å². The Balaban J connectivity index is 2.00. The Bertz CT molecular complexity index is 998. The molecule has 0 aliphatic rings. The summed E-state index contributed by atoms with van der Waals surface area (Å²) in [6, 6.07) is 19.0. The van der Waals surface area contributed by atoms with Crippen LogP contribution < -0.4 is 0 Å². The minimum absolute atomic E-state index is 0.263. The lowest BCUT2D eigenvalue weighted by molar-refractivity contribution is -0.138. The Labute approximate surface area is 128 Å². The molecule has 0 amide bonds. The van der Waals surface area contributed by atoms with Crippen LogP contribution in [0.2, 0.25) is 0 Å². The van der Waals surface area contributed by atoms with E-state index in [9.17, 15) is 4.79 Å². The normalized spacial score (nSPS) is 11.3. The number of carbonyl (C=O) groups is 1. The molecule has 0 spiro atoms. The van der Waals surface area contributed by atoms with E-state index in [2.05, 4.69) is 55.1 Å². The Morgan fingerprint density at radius 2 is 1.55 bits per heavy atom. The Morgan fingerprint density at radius 3 is 2.27 bits per heavy atom. The molecule has 0 fully saturated rings. The summed E-state index contributed by atoms with van der Waals surface area (Å²) < 4.78 is 5.21. The van der Waals surface area contributed by atoms with E-state index in [4.69, 9.17) is 4.74 Å². The van der Waals surface area contributed by atoms with Gasteiger partial charge in [-0.2, -0.15) is 0 Å². The molecule has 4 rings (SSSR count). The van der Waals surface area contributed by atoms with Crippen LogP contribution in [0.5, 0.6) is 0 Å². The van der Waals surface area contributed by atoms with Gasteiger partial charge in [0.15, 0.2) is 0 Å². The highest BCUT2D eigenvalue weighted by Gasteiger charge is 2.11. The van der Waals surface area contributed by atoms with Gasteiger partial charge in [-0.25, -0.2) is 4.79 Å². The number of rotatable bonds is 3. The van der Waals surface area contributed by atoms with E-state index in [1.54, 1.807) is 0 Å². The second-order valence-electron chi connectivity index (χ2n) is 5.39. The molecule has 0 bridgehead atoms. The zero-order valence-electron chi connectivity index (χ0n) is 12.0. The first-order valence-electron chi connectivity index (χ1n) is 7.22. The molecule has 0 heterocycles. The third-order valence-corrected chi connectivity index (χ3v) is 4.16. The van der Waals surface area contributed by atoms with Gasteiger partial charge in [0.2, 0.25) is 0 Å². The fourth-order valence-corrected chi connectivity index (χ4v) is 3.13.